The molecule has 0 aliphatic rings. The minimum atomic E-state index is 0.192. The monoisotopic (exact) mass is 292 g/mol. The third kappa shape index (κ3) is 2.97. The van der Waals surface area contributed by atoms with Crippen LogP contribution >= 0.6 is 27.5 Å². The smallest absolute Gasteiger partial charge is 0.0738 e. The molecule has 4 heteroatoms. The van der Waals surface area contributed by atoms with E-state index in [0.717, 1.165) is 23.1 Å². The first kappa shape index (κ1) is 13.0. The molecule has 2 atom stereocenters. The molecule has 1 rings (SSSR count). The molecular formula is C11H18BrClN2. The van der Waals surface area contributed by atoms with E-state index in [4.69, 9.17) is 11.6 Å². The van der Waals surface area contributed by atoms with Gasteiger partial charge in [-0.3, -0.25) is 4.68 Å². The standard InChI is InChI=1S/C11H18BrClN2/c1-5-15-10(6-7(2)8(3)13)11(12)9(4)14-15/h7-8H,5-6H2,1-4H3. The van der Waals surface area contributed by atoms with Crippen LogP contribution in [0.3, 0.4) is 0 Å². The minimum absolute atomic E-state index is 0.192. The molecule has 0 radical (unpaired) electrons. The second-order valence-electron chi connectivity index (χ2n) is 4.02. The number of rotatable bonds is 4. The molecule has 2 unspecified atom stereocenters. The van der Waals surface area contributed by atoms with Crippen LogP contribution in [-0.2, 0) is 13.0 Å². The number of aromatic nitrogens is 2. The van der Waals surface area contributed by atoms with Gasteiger partial charge in [-0.25, -0.2) is 0 Å². The van der Waals surface area contributed by atoms with Crippen LogP contribution in [0, 0.1) is 12.8 Å². The zero-order valence-corrected chi connectivity index (χ0v) is 12.1. The number of alkyl halides is 1. The number of hydrogen-bond acceptors (Lipinski definition) is 1. The van der Waals surface area contributed by atoms with Crippen molar-refractivity contribution in [3.05, 3.63) is 15.9 Å². The molecule has 0 fully saturated rings. The largest absolute Gasteiger partial charge is 0.268 e. The SMILES string of the molecule is CCn1nc(C)c(Br)c1CC(C)C(C)Cl. The van der Waals surface area contributed by atoms with Crippen LogP contribution in [0.25, 0.3) is 0 Å². The summed E-state index contributed by atoms with van der Waals surface area (Å²) >= 11 is 9.68. The highest BCUT2D eigenvalue weighted by atomic mass is 79.9. The first-order chi connectivity index (χ1) is 6.97. The van der Waals surface area contributed by atoms with Gasteiger partial charge in [0.1, 0.15) is 0 Å². The Morgan fingerprint density at radius 3 is 2.53 bits per heavy atom. The number of aryl methyl sites for hydroxylation is 2. The Morgan fingerprint density at radius 1 is 1.47 bits per heavy atom. The van der Waals surface area contributed by atoms with Crippen molar-refractivity contribution in [1.82, 2.24) is 9.78 Å². The van der Waals surface area contributed by atoms with Gasteiger partial charge in [0.05, 0.1) is 15.9 Å². The lowest BCUT2D eigenvalue weighted by molar-refractivity contribution is 0.521. The summed E-state index contributed by atoms with van der Waals surface area (Å²) < 4.78 is 3.18. The average molecular weight is 294 g/mol. The molecule has 0 spiro atoms. The van der Waals surface area contributed by atoms with E-state index in [0.29, 0.717) is 5.92 Å². The Balaban J connectivity index is 2.92. The van der Waals surface area contributed by atoms with Crippen molar-refractivity contribution in [2.75, 3.05) is 0 Å². The van der Waals surface area contributed by atoms with Crippen molar-refractivity contribution >= 4 is 27.5 Å². The molecule has 2 nitrogen and oxygen atoms in total. The zero-order chi connectivity index (χ0) is 11.6. The van der Waals surface area contributed by atoms with Crippen molar-refractivity contribution in [2.45, 2.75) is 46.0 Å². The summed E-state index contributed by atoms with van der Waals surface area (Å²) in [7, 11) is 0. The normalized spacial score (nSPS) is 15.3. The van der Waals surface area contributed by atoms with Crippen LogP contribution in [-0.4, -0.2) is 15.2 Å². The van der Waals surface area contributed by atoms with E-state index in [-0.39, 0.29) is 5.38 Å². The van der Waals surface area contributed by atoms with E-state index in [1.807, 2.05) is 13.8 Å². The van der Waals surface area contributed by atoms with E-state index in [1.54, 1.807) is 0 Å². The fourth-order valence-corrected chi connectivity index (χ4v) is 2.07. The molecule has 0 amide bonds. The summed E-state index contributed by atoms with van der Waals surface area (Å²) in [5, 5.41) is 4.66. The number of hydrogen-bond donors (Lipinski definition) is 0. The van der Waals surface area contributed by atoms with Crippen molar-refractivity contribution in [2.24, 2.45) is 5.92 Å². The number of halogens is 2. The van der Waals surface area contributed by atoms with Crippen molar-refractivity contribution < 1.29 is 0 Å². The van der Waals surface area contributed by atoms with Gasteiger partial charge in [-0.05, 0) is 49.0 Å². The van der Waals surface area contributed by atoms with Crippen LogP contribution in [0.4, 0.5) is 0 Å². The lowest BCUT2D eigenvalue weighted by Gasteiger charge is -2.14. The van der Waals surface area contributed by atoms with E-state index < -0.39 is 0 Å². The molecule has 15 heavy (non-hydrogen) atoms. The first-order valence-corrected chi connectivity index (χ1v) is 6.56. The molecule has 0 aliphatic heterocycles. The van der Waals surface area contributed by atoms with E-state index >= 15 is 0 Å². The predicted octanol–water partition coefficient (Wildman–Crippen LogP) is 3.78. The molecule has 0 saturated carbocycles. The molecule has 0 N–H and O–H groups in total. The lowest BCUT2D eigenvalue weighted by atomic mass is 10.0. The first-order valence-electron chi connectivity index (χ1n) is 5.33. The summed E-state index contributed by atoms with van der Waals surface area (Å²) in [5.41, 5.74) is 2.32. The van der Waals surface area contributed by atoms with Crippen LogP contribution in [0.2, 0.25) is 0 Å². The molecule has 0 bridgehead atoms. The average Bonchev–Trinajstić information content (AvgIpc) is 2.45. The third-order valence-corrected chi connectivity index (χ3v) is 4.21. The van der Waals surface area contributed by atoms with Gasteiger partial charge in [-0.1, -0.05) is 6.92 Å². The quantitative estimate of drug-likeness (QED) is 0.773. The molecule has 0 aromatic carbocycles. The Bertz CT molecular complexity index is 334. The van der Waals surface area contributed by atoms with Gasteiger partial charge in [0.15, 0.2) is 0 Å². The summed E-state index contributed by atoms with van der Waals surface area (Å²) in [5.74, 6) is 0.462. The van der Waals surface area contributed by atoms with Crippen molar-refractivity contribution in [1.29, 1.82) is 0 Å². The van der Waals surface area contributed by atoms with Gasteiger partial charge in [0.25, 0.3) is 0 Å². The van der Waals surface area contributed by atoms with Crippen LogP contribution in [0.15, 0.2) is 4.47 Å². The van der Waals surface area contributed by atoms with Crippen LogP contribution in [0.5, 0.6) is 0 Å². The van der Waals surface area contributed by atoms with Gasteiger partial charge in [-0.2, -0.15) is 5.10 Å². The van der Waals surface area contributed by atoms with Gasteiger partial charge < -0.3 is 0 Å². The second-order valence-corrected chi connectivity index (χ2v) is 5.50. The lowest BCUT2D eigenvalue weighted by Crippen LogP contribution is -2.14. The number of nitrogens with zero attached hydrogens (tertiary/aromatic N) is 2. The molecule has 0 saturated heterocycles. The highest BCUT2D eigenvalue weighted by Gasteiger charge is 2.17. The van der Waals surface area contributed by atoms with Crippen LogP contribution in [0.1, 0.15) is 32.2 Å². The summed E-state index contributed by atoms with van der Waals surface area (Å²) in [6.07, 6.45) is 0.972. The highest BCUT2D eigenvalue weighted by molar-refractivity contribution is 9.10. The maximum Gasteiger partial charge on any atom is 0.0738 e. The topological polar surface area (TPSA) is 17.8 Å². The Labute approximate surface area is 105 Å². The minimum Gasteiger partial charge on any atom is -0.268 e. The molecule has 0 aliphatic carbocycles. The van der Waals surface area contributed by atoms with Gasteiger partial charge in [0.2, 0.25) is 0 Å². The maximum atomic E-state index is 6.09. The third-order valence-electron chi connectivity index (χ3n) is 2.75. The predicted molar refractivity (Wildman–Crippen MR) is 68.5 cm³/mol. The zero-order valence-electron chi connectivity index (χ0n) is 9.72. The Morgan fingerprint density at radius 2 is 2.07 bits per heavy atom. The fraction of sp³-hybridized carbons (Fsp3) is 0.727. The molecule has 1 aromatic heterocycles. The Hall–Kier alpha value is -0.0200. The maximum absolute atomic E-state index is 6.09. The van der Waals surface area contributed by atoms with Gasteiger partial charge in [0, 0.05) is 11.9 Å². The molecular weight excluding hydrogens is 275 g/mol. The Kier molecular flexibility index (Phi) is 4.65. The van der Waals surface area contributed by atoms with E-state index in [2.05, 4.69) is 39.6 Å². The second kappa shape index (κ2) is 5.35. The van der Waals surface area contributed by atoms with Gasteiger partial charge in [-0.15, -0.1) is 11.6 Å². The van der Waals surface area contributed by atoms with Gasteiger partial charge >= 0.3 is 0 Å². The van der Waals surface area contributed by atoms with Crippen molar-refractivity contribution in [3.63, 3.8) is 0 Å². The fourth-order valence-electron chi connectivity index (χ4n) is 1.53. The summed E-state index contributed by atoms with van der Waals surface area (Å²) in [6, 6.07) is 0. The van der Waals surface area contributed by atoms with Crippen LogP contribution < -0.4 is 0 Å². The summed E-state index contributed by atoms with van der Waals surface area (Å²) in [6.45, 7) is 9.25. The molecule has 86 valence electrons. The molecule has 1 aromatic rings. The molecule has 1 heterocycles. The van der Waals surface area contributed by atoms with E-state index in [1.165, 1.54) is 5.69 Å². The highest BCUT2D eigenvalue weighted by Crippen LogP contribution is 2.25. The van der Waals surface area contributed by atoms with E-state index in [9.17, 15) is 0 Å². The summed E-state index contributed by atoms with van der Waals surface area (Å²) in [4.78, 5) is 0. The van der Waals surface area contributed by atoms with Crippen molar-refractivity contribution in [3.8, 4) is 0 Å².